The van der Waals surface area contributed by atoms with Gasteiger partial charge < -0.3 is 9.47 Å². The molecule has 1 atom stereocenters. The molecule has 5 heteroatoms. The number of methoxy groups -OCH3 is 1. The van der Waals surface area contributed by atoms with Gasteiger partial charge in [0.05, 0.1) is 12.9 Å². The van der Waals surface area contributed by atoms with Crippen molar-refractivity contribution in [2.24, 2.45) is 5.92 Å². The summed E-state index contributed by atoms with van der Waals surface area (Å²) in [5.74, 6) is 0.141. The molecule has 0 unspecified atom stereocenters. The van der Waals surface area contributed by atoms with Crippen molar-refractivity contribution in [3.63, 3.8) is 0 Å². The van der Waals surface area contributed by atoms with Crippen molar-refractivity contribution in [2.45, 2.75) is 57.0 Å². The van der Waals surface area contributed by atoms with E-state index in [1.165, 1.54) is 24.9 Å². The van der Waals surface area contributed by atoms with Crippen molar-refractivity contribution in [3.05, 3.63) is 42.5 Å². The second-order valence-electron chi connectivity index (χ2n) is 6.88. The number of esters is 2. The largest absolute Gasteiger partial charge is 0.466 e. The summed E-state index contributed by atoms with van der Waals surface area (Å²) in [6.45, 7) is 6.22. The highest BCUT2D eigenvalue weighted by Crippen LogP contribution is 2.24. The lowest BCUT2D eigenvalue weighted by Crippen LogP contribution is -2.30. The predicted octanol–water partition coefficient (Wildman–Crippen LogP) is 5.03. The molecule has 0 aliphatic carbocycles. The number of hydrogen-bond donors (Lipinski definition) is 0. The normalized spacial score (nSPS) is 13.6. The molecule has 0 saturated heterocycles. The lowest BCUT2D eigenvalue weighted by atomic mass is 9.95. The molecule has 0 fully saturated rings. The van der Waals surface area contributed by atoms with Crippen LogP contribution in [0.15, 0.2) is 47.4 Å². The van der Waals surface area contributed by atoms with Gasteiger partial charge in [-0.2, -0.15) is 0 Å². The molecule has 0 bridgehead atoms. The molecule has 0 N–H and O–H groups in total. The average Bonchev–Trinajstić information content (AvgIpc) is 2.62. The molecule has 4 nitrogen and oxygen atoms in total. The number of ether oxygens (including phenoxy) is 2. The van der Waals surface area contributed by atoms with Crippen LogP contribution in [0.2, 0.25) is 0 Å². The molecule has 0 heterocycles. The van der Waals surface area contributed by atoms with Gasteiger partial charge in [-0.1, -0.05) is 44.9 Å². The number of benzene rings is 1. The van der Waals surface area contributed by atoms with Crippen LogP contribution in [0.3, 0.4) is 0 Å². The Morgan fingerprint density at radius 1 is 1.19 bits per heavy atom. The van der Waals surface area contributed by atoms with Gasteiger partial charge in [0.25, 0.3) is 0 Å². The maximum absolute atomic E-state index is 12.3. The summed E-state index contributed by atoms with van der Waals surface area (Å²) in [4.78, 5) is 24.7. The third kappa shape index (κ3) is 9.66. The highest BCUT2D eigenvalue weighted by molar-refractivity contribution is 8.00. The minimum Gasteiger partial charge on any atom is -0.466 e. The maximum atomic E-state index is 12.3. The first-order chi connectivity index (χ1) is 12.3. The molecule has 1 aromatic carbocycles. The first-order valence-corrected chi connectivity index (χ1v) is 10.00. The third-order valence-electron chi connectivity index (χ3n) is 3.92. The summed E-state index contributed by atoms with van der Waals surface area (Å²) < 4.78 is 10.4. The van der Waals surface area contributed by atoms with Crippen LogP contribution in [0.4, 0.5) is 0 Å². The summed E-state index contributed by atoms with van der Waals surface area (Å²) >= 11 is 1.44. The Labute approximate surface area is 161 Å². The zero-order valence-corrected chi connectivity index (χ0v) is 17.0. The van der Waals surface area contributed by atoms with E-state index in [4.69, 9.17) is 4.74 Å². The van der Waals surface area contributed by atoms with E-state index in [2.05, 4.69) is 18.6 Å². The van der Waals surface area contributed by atoms with Crippen LogP contribution in [0.5, 0.6) is 0 Å². The molecule has 1 aromatic rings. The van der Waals surface area contributed by atoms with E-state index in [-0.39, 0.29) is 11.7 Å². The van der Waals surface area contributed by atoms with Crippen LogP contribution in [0.25, 0.3) is 0 Å². The zero-order chi connectivity index (χ0) is 19.4. The summed E-state index contributed by atoms with van der Waals surface area (Å²) in [6, 6.07) is 9.73. The SMILES string of the molecule is COC(=O)/C=C/[C@@](C)(CCCCC(C)C)OC(=O)CSc1ccccc1. The van der Waals surface area contributed by atoms with Crippen LogP contribution in [0, 0.1) is 5.92 Å². The lowest BCUT2D eigenvalue weighted by Gasteiger charge is -2.26. The van der Waals surface area contributed by atoms with Gasteiger partial charge >= 0.3 is 11.9 Å². The van der Waals surface area contributed by atoms with Gasteiger partial charge in [0.1, 0.15) is 5.60 Å². The lowest BCUT2D eigenvalue weighted by molar-refractivity contribution is -0.151. The van der Waals surface area contributed by atoms with E-state index in [0.29, 0.717) is 12.3 Å². The van der Waals surface area contributed by atoms with Crippen molar-refractivity contribution in [2.75, 3.05) is 12.9 Å². The molecular weight excluding hydrogens is 348 g/mol. The molecule has 26 heavy (non-hydrogen) atoms. The molecule has 0 radical (unpaired) electrons. The Balaban J connectivity index is 2.62. The van der Waals surface area contributed by atoms with Gasteiger partial charge in [0.2, 0.25) is 0 Å². The smallest absolute Gasteiger partial charge is 0.330 e. The van der Waals surface area contributed by atoms with Crippen LogP contribution in [-0.4, -0.2) is 30.4 Å². The van der Waals surface area contributed by atoms with Gasteiger partial charge in [0.15, 0.2) is 0 Å². The molecule has 0 saturated carbocycles. The number of carbonyl (C=O) groups is 2. The highest BCUT2D eigenvalue weighted by atomic mass is 32.2. The van der Waals surface area contributed by atoms with Crippen molar-refractivity contribution in [3.8, 4) is 0 Å². The average molecular weight is 379 g/mol. The predicted molar refractivity (Wildman–Crippen MR) is 106 cm³/mol. The molecule has 0 aromatic heterocycles. The minimum atomic E-state index is -0.806. The van der Waals surface area contributed by atoms with Crippen LogP contribution >= 0.6 is 11.8 Å². The first-order valence-electron chi connectivity index (χ1n) is 9.01. The second kappa shape index (κ2) is 11.8. The fourth-order valence-corrected chi connectivity index (χ4v) is 3.15. The monoisotopic (exact) mass is 378 g/mol. The van der Waals surface area contributed by atoms with E-state index < -0.39 is 11.6 Å². The van der Waals surface area contributed by atoms with Crippen molar-refractivity contribution in [1.29, 1.82) is 0 Å². The summed E-state index contributed by atoms with van der Waals surface area (Å²) in [5.41, 5.74) is -0.806. The highest BCUT2D eigenvalue weighted by Gasteiger charge is 2.26. The molecule has 0 amide bonds. The van der Waals surface area contributed by atoms with E-state index >= 15 is 0 Å². The minimum absolute atomic E-state index is 0.234. The van der Waals surface area contributed by atoms with Gasteiger partial charge in [-0.15, -0.1) is 11.8 Å². The van der Waals surface area contributed by atoms with Crippen LogP contribution in [0.1, 0.15) is 46.5 Å². The number of thioether (sulfide) groups is 1. The van der Waals surface area contributed by atoms with Gasteiger partial charge in [0, 0.05) is 11.0 Å². The van der Waals surface area contributed by atoms with E-state index in [1.807, 2.05) is 37.3 Å². The fourth-order valence-electron chi connectivity index (χ4n) is 2.46. The quantitative estimate of drug-likeness (QED) is 0.234. The number of unbranched alkanes of at least 4 members (excludes halogenated alkanes) is 1. The van der Waals surface area contributed by atoms with E-state index in [9.17, 15) is 9.59 Å². The van der Waals surface area contributed by atoms with Crippen LogP contribution in [-0.2, 0) is 19.1 Å². The van der Waals surface area contributed by atoms with Gasteiger partial charge in [-0.3, -0.25) is 4.79 Å². The fraction of sp³-hybridized carbons (Fsp3) is 0.524. The van der Waals surface area contributed by atoms with E-state index in [0.717, 1.165) is 24.2 Å². The molecular formula is C21H30O4S. The zero-order valence-electron chi connectivity index (χ0n) is 16.2. The molecule has 0 spiro atoms. The summed E-state index contributed by atoms with van der Waals surface area (Å²) in [7, 11) is 1.33. The summed E-state index contributed by atoms with van der Waals surface area (Å²) in [5, 5.41) is 0. The summed E-state index contributed by atoms with van der Waals surface area (Å²) in [6.07, 6.45) is 6.78. The third-order valence-corrected chi connectivity index (χ3v) is 4.91. The Morgan fingerprint density at radius 2 is 1.88 bits per heavy atom. The standard InChI is InChI=1S/C21H30O4S/c1-17(2)10-8-9-14-21(3,15-13-19(22)24-4)25-20(23)16-26-18-11-6-5-7-12-18/h5-7,11-13,15,17H,8-10,14,16H2,1-4H3/b15-13+/t21-/m1/s1. The van der Waals surface area contributed by atoms with Crippen molar-refractivity contribution < 1.29 is 19.1 Å². The van der Waals surface area contributed by atoms with Crippen molar-refractivity contribution >= 4 is 23.7 Å². The second-order valence-corrected chi connectivity index (χ2v) is 7.93. The molecule has 1 rings (SSSR count). The maximum Gasteiger partial charge on any atom is 0.330 e. The molecule has 0 aliphatic rings. The van der Waals surface area contributed by atoms with Gasteiger partial charge in [-0.25, -0.2) is 4.79 Å². The Bertz CT molecular complexity index is 583. The Hall–Kier alpha value is -1.75. The number of carbonyl (C=O) groups excluding carboxylic acids is 2. The Kier molecular flexibility index (Phi) is 10.1. The first kappa shape index (κ1) is 22.3. The Morgan fingerprint density at radius 3 is 2.50 bits per heavy atom. The van der Waals surface area contributed by atoms with Gasteiger partial charge in [-0.05, 0) is 43.9 Å². The topological polar surface area (TPSA) is 52.6 Å². The van der Waals surface area contributed by atoms with E-state index in [1.54, 1.807) is 6.08 Å². The molecule has 144 valence electrons. The molecule has 0 aliphatic heterocycles. The van der Waals surface area contributed by atoms with Crippen LogP contribution < -0.4 is 0 Å². The van der Waals surface area contributed by atoms with Crippen molar-refractivity contribution in [1.82, 2.24) is 0 Å². The number of rotatable bonds is 11. The number of hydrogen-bond acceptors (Lipinski definition) is 5.